The summed E-state index contributed by atoms with van der Waals surface area (Å²) in [5, 5.41) is 19.6. The number of hydrogen-bond donors (Lipinski definition) is 2. The van der Waals surface area contributed by atoms with Gasteiger partial charge in [-0.15, -0.1) is 0 Å². The maximum absolute atomic E-state index is 10.9. The molecular formula is C31H64NO3+. The van der Waals surface area contributed by atoms with Crippen LogP contribution in [0.1, 0.15) is 162 Å². The number of aliphatic hydroxyl groups is 1. The maximum atomic E-state index is 10.9. The van der Waals surface area contributed by atoms with Crippen molar-refractivity contribution < 1.29 is 19.5 Å². The molecule has 210 valence electrons. The summed E-state index contributed by atoms with van der Waals surface area (Å²) in [5.74, 6) is -0.676. The Balaban J connectivity index is 3.61. The highest BCUT2D eigenvalue weighted by Crippen LogP contribution is 2.21. The third-order valence-corrected chi connectivity index (χ3v) is 7.49. The van der Waals surface area contributed by atoms with E-state index in [1.807, 2.05) is 6.92 Å². The first-order chi connectivity index (χ1) is 16.7. The van der Waals surface area contributed by atoms with Crippen LogP contribution in [0.25, 0.3) is 0 Å². The molecule has 0 radical (unpaired) electrons. The second-order valence-corrected chi connectivity index (χ2v) is 12.3. The quantitative estimate of drug-likeness (QED) is 0.0878. The van der Waals surface area contributed by atoms with Crippen LogP contribution in [0.15, 0.2) is 0 Å². The van der Waals surface area contributed by atoms with E-state index in [1.165, 1.54) is 109 Å². The van der Waals surface area contributed by atoms with Gasteiger partial charge in [-0.1, -0.05) is 122 Å². The van der Waals surface area contributed by atoms with Crippen molar-refractivity contribution in [1.82, 2.24) is 0 Å². The lowest BCUT2D eigenvalue weighted by atomic mass is 9.96. The van der Waals surface area contributed by atoms with Crippen molar-refractivity contribution in [2.45, 2.75) is 167 Å². The molecule has 0 saturated heterocycles. The topological polar surface area (TPSA) is 57.5 Å². The van der Waals surface area contributed by atoms with Gasteiger partial charge in [-0.25, -0.2) is 0 Å². The van der Waals surface area contributed by atoms with E-state index in [4.69, 9.17) is 5.11 Å². The molecule has 0 spiro atoms. The molecule has 0 bridgehead atoms. The highest BCUT2D eigenvalue weighted by Gasteiger charge is 2.29. The Morgan fingerprint density at radius 3 is 1.43 bits per heavy atom. The number of carboxylic acids is 1. The molecule has 2 N–H and O–H groups in total. The lowest BCUT2D eigenvalue weighted by Crippen LogP contribution is -2.50. The van der Waals surface area contributed by atoms with Crippen LogP contribution < -0.4 is 0 Å². The Morgan fingerprint density at radius 1 is 0.629 bits per heavy atom. The summed E-state index contributed by atoms with van der Waals surface area (Å²) in [5.41, 5.74) is -0.565. The number of carbonyl (C=O) groups is 1. The third-order valence-electron chi connectivity index (χ3n) is 7.49. The van der Waals surface area contributed by atoms with Gasteiger partial charge in [0.05, 0.1) is 20.6 Å². The minimum Gasteiger partial charge on any atom is -0.481 e. The van der Waals surface area contributed by atoms with Crippen molar-refractivity contribution in [3.8, 4) is 0 Å². The Hall–Kier alpha value is -0.610. The van der Waals surface area contributed by atoms with Crippen LogP contribution in [0.3, 0.4) is 0 Å². The van der Waals surface area contributed by atoms with Crippen LogP contribution in [0.2, 0.25) is 0 Å². The van der Waals surface area contributed by atoms with E-state index in [1.54, 1.807) is 0 Å². The number of aliphatic carboxylic acids is 1. The van der Waals surface area contributed by atoms with Gasteiger partial charge in [0, 0.05) is 6.42 Å². The van der Waals surface area contributed by atoms with Crippen molar-refractivity contribution in [1.29, 1.82) is 0 Å². The number of rotatable bonds is 27. The molecule has 0 aromatic heterocycles. The van der Waals surface area contributed by atoms with Gasteiger partial charge in [0.15, 0.2) is 0 Å². The fourth-order valence-electron chi connectivity index (χ4n) is 5.48. The van der Waals surface area contributed by atoms with Crippen LogP contribution >= 0.6 is 0 Å². The van der Waals surface area contributed by atoms with Crippen molar-refractivity contribution >= 4 is 5.97 Å². The standard InChI is InChI=1S/C31H63NO3/c1-5-6-7-8-9-10-11-12-13-14-15-18-21-24-27-31(2,35)29-32(3,4)28-25-22-19-16-17-20-23-26-30(33)34/h35H,5-29H2,1-4H3/p+1. The summed E-state index contributed by atoms with van der Waals surface area (Å²) in [6.45, 7) is 6.27. The molecular weight excluding hydrogens is 434 g/mol. The SMILES string of the molecule is CCCCCCCCCCCCCCCCC(C)(O)C[N+](C)(C)CCCCCCCCCC(=O)O. The van der Waals surface area contributed by atoms with Crippen LogP contribution in [0.5, 0.6) is 0 Å². The van der Waals surface area contributed by atoms with E-state index in [0.717, 1.165) is 49.7 Å². The van der Waals surface area contributed by atoms with Crippen LogP contribution in [0.4, 0.5) is 0 Å². The molecule has 0 aromatic carbocycles. The second kappa shape index (κ2) is 22.6. The number of carboxylic acid groups (broad SMARTS) is 1. The lowest BCUT2D eigenvalue weighted by Gasteiger charge is -2.36. The Bertz CT molecular complexity index is 476. The smallest absolute Gasteiger partial charge is 0.303 e. The van der Waals surface area contributed by atoms with E-state index >= 15 is 0 Å². The van der Waals surface area contributed by atoms with Crippen molar-refractivity contribution in [3.05, 3.63) is 0 Å². The van der Waals surface area contributed by atoms with Gasteiger partial charge in [0.25, 0.3) is 0 Å². The zero-order valence-corrected chi connectivity index (χ0v) is 24.4. The van der Waals surface area contributed by atoms with Gasteiger partial charge in [-0.05, 0) is 32.6 Å². The van der Waals surface area contributed by atoms with E-state index < -0.39 is 11.6 Å². The molecule has 0 aliphatic carbocycles. The number of quaternary nitrogens is 1. The zero-order valence-electron chi connectivity index (χ0n) is 24.4. The molecule has 35 heavy (non-hydrogen) atoms. The highest BCUT2D eigenvalue weighted by molar-refractivity contribution is 5.66. The van der Waals surface area contributed by atoms with Gasteiger partial charge in [0.2, 0.25) is 0 Å². The van der Waals surface area contributed by atoms with Crippen molar-refractivity contribution in [2.75, 3.05) is 27.2 Å². The molecule has 4 heteroatoms. The predicted octanol–water partition coefficient (Wildman–Crippen LogP) is 8.89. The molecule has 0 aliphatic rings. The van der Waals surface area contributed by atoms with Gasteiger partial charge in [0.1, 0.15) is 12.1 Å². The number of unbranched alkanes of at least 4 members (excludes halogenated alkanes) is 19. The summed E-state index contributed by atoms with van der Waals surface area (Å²) in [6.07, 6.45) is 28.3. The summed E-state index contributed by atoms with van der Waals surface area (Å²) >= 11 is 0. The average Bonchev–Trinajstić information content (AvgIpc) is 2.77. The number of nitrogens with zero attached hydrogens (tertiary/aromatic N) is 1. The zero-order chi connectivity index (χ0) is 26.3. The Labute approximate surface area is 219 Å². The molecule has 4 nitrogen and oxygen atoms in total. The molecule has 0 amide bonds. The Morgan fingerprint density at radius 2 is 1.00 bits per heavy atom. The molecule has 0 fully saturated rings. The fraction of sp³-hybridized carbons (Fsp3) is 0.968. The molecule has 0 aromatic rings. The molecule has 1 atom stereocenters. The molecule has 0 rings (SSSR count). The highest BCUT2D eigenvalue weighted by atomic mass is 16.4. The van der Waals surface area contributed by atoms with Gasteiger partial charge >= 0.3 is 5.97 Å². The third kappa shape index (κ3) is 26.3. The fourth-order valence-corrected chi connectivity index (χ4v) is 5.48. The van der Waals surface area contributed by atoms with Crippen LogP contribution in [0, 0.1) is 0 Å². The Kier molecular flexibility index (Phi) is 22.2. The lowest BCUT2D eigenvalue weighted by molar-refractivity contribution is -0.896. The minimum absolute atomic E-state index is 0.310. The first-order valence-corrected chi connectivity index (χ1v) is 15.4. The second-order valence-electron chi connectivity index (χ2n) is 12.3. The molecule has 1 unspecified atom stereocenters. The summed E-state index contributed by atoms with van der Waals surface area (Å²) < 4.78 is 0.893. The predicted molar refractivity (Wildman–Crippen MR) is 152 cm³/mol. The average molecular weight is 499 g/mol. The number of hydrogen-bond acceptors (Lipinski definition) is 2. The normalized spacial score (nSPS) is 13.7. The van der Waals surface area contributed by atoms with Crippen molar-refractivity contribution in [2.24, 2.45) is 0 Å². The molecule has 0 saturated carbocycles. The van der Waals surface area contributed by atoms with E-state index in [9.17, 15) is 9.90 Å². The summed E-state index contributed by atoms with van der Waals surface area (Å²) in [6, 6.07) is 0. The van der Waals surface area contributed by atoms with E-state index in [2.05, 4.69) is 21.0 Å². The largest absolute Gasteiger partial charge is 0.481 e. The first-order valence-electron chi connectivity index (χ1n) is 15.4. The van der Waals surface area contributed by atoms with Gasteiger partial charge in [-0.2, -0.15) is 0 Å². The number of likely N-dealkylation sites (N-methyl/N-ethyl adjacent to an activating group) is 1. The summed E-state index contributed by atoms with van der Waals surface area (Å²) in [7, 11) is 4.51. The molecule has 0 heterocycles. The van der Waals surface area contributed by atoms with Crippen molar-refractivity contribution in [3.63, 3.8) is 0 Å². The first kappa shape index (κ1) is 34.4. The minimum atomic E-state index is -0.676. The van der Waals surface area contributed by atoms with Gasteiger partial charge in [-0.3, -0.25) is 4.79 Å². The summed E-state index contributed by atoms with van der Waals surface area (Å²) in [4.78, 5) is 10.5. The van der Waals surface area contributed by atoms with Crippen LogP contribution in [-0.2, 0) is 4.79 Å². The van der Waals surface area contributed by atoms with Gasteiger partial charge < -0.3 is 14.7 Å². The van der Waals surface area contributed by atoms with E-state index in [-0.39, 0.29) is 0 Å². The van der Waals surface area contributed by atoms with E-state index in [0.29, 0.717) is 6.42 Å². The monoisotopic (exact) mass is 498 g/mol. The van der Waals surface area contributed by atoms with Crippen LogP contribution in [-0.4, -0.2) is 53.5 Å². The molecule has 0 aliphatic heterocycles. The maximum Gasteiger partial charge on any atom is 0.303 e.